The lowest BCUT2D eigenvalue weighted by atomic mass is 10.0. The maximum atomic E-state index is 11.7. The Morgan fingerprint density at radius 3 is 2.13 bits per heavy atom. The van der Waals surface area contributed by atoms with E-state index in [0.29, 0.717) is 11.3 Å². The molecule has 0 spiro atoms. The quantitative estimate of drug-likeness (QED) is 0.767. The third-order valence-electron chi connectivity index (χ3n) is 3.83. The van der Waals surface area contributed by atoms with Gasteiger partial charge in [-0.2, -0.15) is 0 Å². The summed E-state index contributed by atoms with van der Waals surface area (Å²) in [6.07, 6.45) is 1.83. The highest BCUT2D eigenvalue weighted by Crippen LogP contribution is 2.22. The molecule has 0 bridgehead atoms. The summed E-state index contributed by atoms with van der Waals surface area (Å²) in [5.41, 5.74) is 4.06. The van der Waals surface area contributed by atoms with Gasteiger partial charge in [-0.1, -0.05) is 18.2 Å². The Kier molecular flexibility index (Phi) is 5.63. The van der Waals surface area contributed by atoms with E-state index < -0.39 is 0 Å². The van der Waals surface area contributed by atoms with Crippen LogP contribution in [0.3, 0.4) is 0 Å². The van der Waals surface area contributed by atoms with Gasteiger partial charge in [0, 0.05) is 19.8 Å². The summed E-state index contributed by atoms with van der Waals surface area (Å²) >= 11 is 0. The predicted molar refractivity (Wildman–Crippen MR) is 92.5 cm³/mol. The van der Waals surface area contributed by atoms with Gasteiger partial charge in [0.25, 0.3) is 0 Å². The van der Waals surface area contributed by atoms with Gasteiger partial charge in [-0.25, -0.2) is 4.79 Å². The van der Waals surface area contributed by atoms with Crippen LogP contribution in [0, 0.1) is 0 Å². The van der Waals surface area contributed by atoms with Crippen molar-refractivity contribution in [1.82, 2.24) is 0 Å². The molecule has 0 unspecified atom stereocenters. The molecule has 4 heteroatoms. The van der Waals surface area contributed by atoms with E-state index >= 15 is 0 Å². The third-order valence-corrected chi connectivity index (χ3v) is 3.83. The largest absolute Gasteiger partial charge is 0.496 e. The first-order valence-corrected chi connectivity index (χ1v) is 7.56. The number of carbonyl (C=O) groups excluding carboxylic acids is 1. The number of aryl methyl sites for hydroxylation is 2. The topological polar surface area (TPSA) is 38.8 Å². The van der Waals surface area contributed by atoms with E-state index in [1.54, 1.807) is 13.2 Å². The lowest BCUT2D eigenvalue weighted by molar-refractivity contribution is 0.0597. The van der Waals surface area contributed by atoms with Gasteiger partial charge in [-0.15, -0.1) is 0 Å². The number of esters is 1. The van der Waals surface area contributed by atoms with Crippen molar-refractivity contribution in [2.75, 3.05) is 33.2 Å². The molecule has 0 saturated carbocycles. The van der Waals surface area contributed by atoms with Crippen LogP contribution < -0.4 is 9.64 Å². The Morgan fingerprint density at radius 1 is 0.957 bits per heavy atom. The predicted octanol–water partition coefficient (Wildman–Crippen LogP) is 3.33. The summed E-state index contributed by atoms with van der Waals surface area (Å²) < 4.78 is 10.1. The maximum Gasteiger partial charge on any atom is 0.341 e. The number of rotatable bonds is 6. The van der Waals surface area contributed by atoms with Crippen molar-refractivity contribution >= 4 is 11.7 Å². The fourth-order valence-electron chi connectivity index (χ4n) is 2.42. The number of benzene rings is 2. The molecule has 0 aromatic heterocycles. The molecule has 4 nitrogen and oxygen atoms in total. The molecule has 0 radical (unpaired) electrons. The number of anilines is 1. The van der Waals surface area contributed by atoms with Crippen molar-refractivity contribution in [3.8, 4) is 5.75 Å². The zero-order valence-corrected chi connectivity index (χ0v) is 14.1. The van der Waals surface area contributed by atoms with Crippen molar-refractivity contribution in [3.05, 3.63) is 59.2 Å². The maximum absolute atomic E-state index is 11.7. The van der Waals surface area contributed by atoms with Crippen LogP contribution in [-0.4, -0.2) is 34.3 Å². The molecule has 2 aromatic rings. The molecule has 2 rings (SSSR count). The highest BCUT2D eigenvalue weighted by Gasteiger charge is 2.13. The number of methoxy groups -OCH3 is 2. The van der Waals surface area contributed by atoms with Crippen LogP contribution >= 0.6 is 0 Å². The molecule has 122 valence electrons. The van der Waals surface area contributed by atoms with Crippen molar-refractivity contribution in [2.24, 2.45) is 0 Å². The lowest BCUT2D eigenvalue weighted by Crippen LogP contribution is -2.08. The van der Waals surface area contributed by atoms with Crippen LogP contribution in [0.5, 0.6) is 5.75 Å². The third kappa shape index (κ3) is 4.25. The molecule has 0 atom stereocenters. The molecule has 0 heterocycles. The fraction of sp³-hybridized carbons (Fsp3) is 0.316. The van der Waals surface area contributed by atoms with E-state index in [4.69, 9.17) is 9.47 Å². The van der Waals surface area contributed by atoms with Gasteiger partial charge >= 0.3 is 5.97 Å². The van der Waals surface area contributed by atoms with Gasteiger partial charge in [0.2, 0.25) is 0 Å². The molecule has 2 aromatic carbocycles. The van der Waals surface area contributed by atoms with E-state index in [-0.39, 0.29) is 5.97 Å². The first kappa shape index (κ1) is 16.9. The van der Waals surface area contributed by atoms with E-state index in [1.807, 2.05) is 26.2 Å². The van der Waals surface area contributed by atoms with E-state index in [9.17, 15) is 4.79 Å². The molecule has 0 N–H and O–H groups in total. The highest BCUT2D eigenvalue weighted by molar-refractivity contribution is 5.92. The van der Waals surface area contributed by atoms with Crippen LogP contribution in [0.25, 0.3) is 0 Å². The zero-order chi connectivity index (χ0) is 16.8. The second kappa shape index (κ2) is 7.68. The minimum atomic E-state index is -0.382. The van der Waals surface area contributed by atoms with Gasteiger partial charge in [0.05, 0.1) is 14.2 Å². The van der Waals surface area contributed by atoms with E-state index in [1.165, 1.54) is 18.4 Å². The van der Waals surface area contributed by atoms with Crippen LogP contribution in [0.2, 0.25) is 0 Å². The molecule has 0 aliphatic heterocycles. The number of carbonyl (C=O) groups is 1. The molecular formula is C19H23NO3. The molecule has 0 aliphatic carbocycles. The van der Waals surface area contributed by atoms with Crippen molar-refractivity contribution in [2.45, 2.75) is 12.8 Å². The van der Waals surface area contributed by atoms with Crippen LogP contribution in [0.4, 0.5) is 5.69 Å². The fourth-order valence-corrected chi connectivity index (χ4v) is 2.42. The summed E-state index contributed by atoms with van der Waals surface area (Å²) in [6.45, 7) is 0. The van der Waals surface area contributed by atoms with E-state index in [2.05, 4.69) is 29.2 Å². The second-order valence-electron chi connectivity index (χ2n) is 5.59. The minimum Gasteiger partial charge on any atom is -0.496 e. The Hall–Kier alpha value is -2.49. The van der Waals surface area contributed by atoms with Crippen molar-refractivity contribution < 1.29 is 14.3 Å². The summed E-state index contributed by atoms with van der Waals surface area (Å²) in [5.74, 6) is 0.171. The van der Waals surface area contributed by atoms with Crippen LogP contribution in [0.15, 0.2) is 42.5 Å². The molecular weight excluding hydrogens is 290 g/mol. The Labute approximate surface area is 137 Å². The molecule has 0 amide bonds. The second-order valence-corrected chi connectivity index (χ2v) is 5.59. The van der Waals surface area contributed by atoms with Gasteiger partial charge in [0.15, 0.2) is 0 Å². The van der Waals surface area contributed by atoms with Gasteiger partial charge in [-0.3, -0.25) is 0 Å². The Bertz CT molecular complexity index is 663. The standard InChI is InChI=1S/C19H23NO3/c1-20(2)16-10-7-14(8-11-16)5-6-15-9-12-17(19(21)23-4)18(13-15)22-3/h7-13H,5-6H2,1-4H3. The Morgan fingerprint density at radius 2 is 1.57 bits per heavy atom. The van der Waals surface area contributed by atoms with E-state index in [0.717, 1.165) is 18.4 Å². The van der Waals surface area contributed by atoms with Crippen LogP contribution in [0.1, 0.15) is 21.5 Å². The smallest absolute Gasteiger partial charge is 0.341 e. The summed E-state index contributed by atoms with van der Waals surface area (Å²) in [6, 6.07) is 14.1. The molecule has 23 heavy (non-hydrogen) atoms. The minimum absolute atomic E-state index is 0.382. The molecule has 0 aliphatic rings. The molecule has 0 saturated heterocycles. The average molecular weight is 313 g/mol. The monoisotopic (exact) mass is 313 g/mol. The van der Waals surface area contributed by atoms with Gasteiger partial charge < -0.3 is 14.4 Å². The van der Waals surface area contributed by atoms with Gasteiger partial charge in [-0.05, 0) is 48.2 Å². The highest BCUT2D eigenvalue weighted by atomic mass is 16.5. The van der Waals surface area contributed by atoms with Crippen LogP contribution in [-0.2, 0) is 17.6 Å². The van der Waals surface area contributed by atoms with Crippen molar-refractivity contribution in [3.63, 3.8) is 0 Å². The SMILES string of the molecule is COC(=O)c1ccc(CCc2ccc(N(C)C)cc2)cc1OC. The summed E-state index contributed by atoms with van der Waals surface area (Å²) in [7, 11) is 6.99. The summed E-state index contributed by atoms with van der Waals surface area (Å²) in [4.78, 5) is 13.7. The number of hydrogen-bond donors (Lipinski definition) is 0. The number of ether oxygens (including phenoxy) is 2. The lowest BCUT2D eigenvalue weighted by Gasteiger charge is -2.13. The molecule has 0 fully saturated rings. The Balaban J connectivity index is 2.07. The number of nitrogens with zero attached hydrogens (tertiary/aromatic N) is 1. The normalized spacial score (nSPS) is 10.3. The number of hydrogen-bond acceptors (Lipinski definition) is 4. The van der Waals surface area contributed by atoms with Gasteiger partial charge in [0.1, 0.15) is 11.3 Å². The average Bonchev–Trinajstić information content (AvgIpc) is 2.59. The first-order chi connectivity index (χ1) is 11.0. The first-order valence-electron chi connectivity index (χ1n) is 7.56. The summed E-state index contributed by atoms with van der Waals surface area (Å²) in [5, 5.41) is 0. The van der Waals surface area contributed by atoms with Crippen molar-refractivity contribution in [1.29, 1.82) is 0 Å². The zero-order valence-electron chi connectivity index (χ0n) is 14.1.